The average molecular weight is 884 g/mol. The Bertz CT molecular complexity index is 1590. The Balaban J connectivity index is 1.95. The third-order valence-electron chi connectivity index (χ3n) is 14.5. The minimum atomic E-state index is -1.30. The molecule has 2 aliphatic heterocycles. The van der Waals surface area contributed by atoms with Crippen molar-refractivity contribution in [3.8, 4) is 0 Å². The molecule has 1 saturated heterocycles. The molecule has 358 valence electrons. The number of esters is 1. The fourth-order valence-corrected chi connectivity index (χ4v) is 9.77. The summed E-state index contributed by atoms with van der Waals surface area (Å²) < 4.78 is 17.8. The maximum Gasteiger partial charge on any atom is 0.329 e. The van der Waals surface area contributed by atoms with E-state index in [9.17, 15) is 34.5 Å². The van der Waals surface area contributed by atoms with Gasteiger partial charge in [-0.1, -0.05) is 84.4 Å². The van der Waals surface area contributed by atoms with Crippen molar-refractivity contribution in [2.24, 2.45) is 41.4 Å². The van der Waals surface area contributed by atoms with E-state index in [2.05, 4.69) is 19.9 Å². The van der Waals surface area contributed by atoms with Gasteiger partial charge in [0, 0.05) is 39.0 Å². The Morgan fingerprint density at radius 1 is 0.857 bits per heavy atom. The molecule has 2 heterocycles. The first-order valence-corrected chi connectivity index (χ1v) is 24.1. The zero-order valence-electron chi connectivity index (χ0n) is 40.7. The highest BCUT2D eigenvalue weighted by Crippen LogP contribution is 2.34. The molecule has 0 bridgehead atoms. The Morgan fingerprint density at radius 2 is 1.54 bits per heavy atom. The van der Waals surface area contributed by atoms with Crippen LogP contribution in [0.5, 0.6) is 0 Å². The first kappa shape index (κ1) is 54.4. The smallest absolute Gasteiger partial charge is 0.329 e. The Kier molecular flexibility index (Phi) is 22.7. The van der Waals surface area contributed by atoms with Gasteiger partial charge in [0.2, 0.25) is 5.91 Å². The van der Waals surface area contributed by atoms with Gasteiger partial charge in [0.15, 0.2) is 5.78 Å². The van der Waals surface area contributed by atoms with Gasteiger partial charge in [0.05, 0.1) is 24.2 Å². The highest BCUT2D eigenvalue weighted by Gasteiger charge is 2.40. The van der Waals surface area contributed by atoms with Crippen LogP contribution >= 0.6 is 0 Å². The molecule has 0 aromatic heterocycles. The van der Waals surface area contributed by atoms with Crippen molar-refractivity contribution in [1.29, 1.82) is 0 Å². The number of cyclic esters (lactones) is 1. The lowest BCUT2D eigenvalue weighted by Crippen LogP contribution is -2.52. The van der Waals surface area contributed by atoms with Crippen molar-refractivity contribution in [3.63, 3.8) is 0 Å². The fourth-order valence-electron chi connectivity index (χ4n) is 9.77. The zero-order valence-corrected chi connectivity index (χ0v) is 40.7. The van der Waals surface area contributed by atoms with E-state index >= 15 is 0 Å². The van der Waals surface area contributed by atoms with Crippen LogP contribution in [-0.4, -0.2) is 107 Å². The summed E-state index contributed by atoms with van der Waals surface area (Å²) in [6.07, 6.45) is 16.7. The van der Waals surface area contributed by atoms with Crippen molar-refractivity contribution in [3.05, 3.63) is 47.6 Å². The Hall–Kier alpha value is -2.96. The number of methoxy groups -OCH3 is 2. The second kappa shape index (κ2) is 26.3. The summed E-state index contributed by atoms with van der Waals surface area (Å²) in [5.74, 6) is -1.95. The predicted octanol–water partition coefficient (Wildman–Crippen LogP) is 8.68. The minimum Gasteiger partial charge on any atom is -0.460 e. The molecule has 12 atom stereocenters. The van der Waals surface area contributed by atoms with Crippen molar-refractivity contribution < 1.29 is 48.7 Å². The van der Waals surface area contributed by atoms with Gasteiger partial charge in [0.25, 0.3) is 0 Å². The summed E-state index contributed by atoms with van der Waals surface area (Å²) in [7, 11) is 3.12. The molecule has 3 aliphatic rings. The van der Waals surface area contributed by atoms with Crippen LogP contribution < -0.4 is 0 Å². The van der Waals surface area contributed by atoms with Crippen LogP contribution in [0.15, 0.2) is 47.6 Å². The largest absolute Gasteiger partial charge is 0.460 e. The number of piperidine rings is 1. The molecule has 0 radical (unpaired) electrons. The van der Waals surface area contributed by atoms with Crippen molar-refractivity contribution in [2.45, 2.75) is 194 Å². The van der Waals surface area contributed by atoms with Crippen LogP contribution in [0.4, 0.5) is 0 Å². The van der Waals surface area contributed by atoms with E-state index in [1.807, 2.05) is 52.0 Å². The van der Waals surface area contributed by atoms with E-state index in [1.165, 1.54) is 7.11 Å². The summed E-state index contributed by atoms with van der Waals surface area (Å²) in [6.45, 7) is 17.6. The number of fused-ring (bicyclic) bond motifs is 1. The molecule has 0 spiro atoms. The molecular formula is C52H85NO10. The molecule has 11 heteroatoms. The minimum absolute atomic E-state index is 0.0559. The molecular weight excluding hydrogens is 799 g/mol. The number of hydrogen-bond acceptors (Lipinski definition) is 10. The average Bonchev–Trinajstić information content (AvgIpc) is 3.24. The third-order valence-corrected chi connectivity index (χ3v) is 14.5. The number of ether oxygens (including phenoxy) is 3. The Morgan fingerprint density at radius 3 is 2.19 bits per heavy atom. The lowest BCUT2D eigenvalue weighted by Gasteiger charge is -2.38. The summed E-state index contributed by atoms with van der Waals surface area (Å²) >= 11 is 0. The highest BCUT2D eigenvalue weighted by atomic mass is 16.5. The molecule has 1 aliphatic carbocycles. The summed E-state index contributed by atoms with van der Waals surface area (Å²) in [4.78, 5) is 57.6. The lowest BCUT2D eigenvalue weighted by atomic mass is 9.79. The van der Waals surface area contributed by atoms with Crippen LogP contribution in [0.1, 0.15) is 152 Å². The molecule has 1 unspecified atom stereocenters. The van der Waals surface area contributed by atoms with Crippen molar-refractivity contribution in [1.82, 2.24) is 4.90 Å². The van der Waals surface area contributed by atoms with Crippen LogP contribution in [0.3, 0.4) is 0 Å². The van der Waals surface area contributed by atoms with Gasteiger partial charge in [0.1, 0.15) is 30.1 Å². The number of aliphatic hydroxyl groups excluding tert-OH is 2. The number of hydrogen-bond donors (Lipinski definition) is 3. The van der Waals surface area contributed by atoms with E-state index < -0.39 is 47.8 Å². The van der Waals surface area contributed by atoms with E-state index in [0.29, 0.717) is 56.1 Å². The Labute approximate surface area is 380 Å². The predicted molar refractivity (Wildman–Crippen MR) is 249 cm³/mol. The molecule has 11 nitrogen and oxygen atoms in total. The molecule has 1 amide bonds. The second-order valence-corrected chi connectivity index (χ2v) is 20.2. The lowest BCUT2D eigenvalue weighted by molar-refractivity contribution is -0.166. The number of rotatable bonds is 5. The van der Waals surface area contributed by atoms with Crippen LogP contribution in [0, 0.1) is 41.4 Å². The van der Waals surface area contributed by atoms with Gasteiger partial charge < -0.3 is 34.4 Å². The molecule has 0 aromatic carbocycles. The summed E-state index contributed by atoms with van der Waals surface area (Å²) in [6, 6.07) is -0.826. The van der Waals surface area contributed by atoms with Gasteiger partial charge in [-0.3, -0.25) is 14.4 Å². The number of aliphatic hydroxyl groups is 3. The number of amides is 1. The van der Waals surface area contributed by atoms with Crippen molar-refractivity contribution in [2.75, 3.05) is 20.8 Å². The first-order valence-electron chi connectivity index (χ1n) is 24.1. The van der Waals surface area contributed by atoms with Gasteiger partial charge in [-0.25, -0.2) is 4.79 Å². The molecule has 2 fully saturated rings. The van der Waals surface area contributed by atoms with Crippen LogP contribution in [0.25, 0.3) is 0 Å². The van der Waals surface area contributed by atoms with Gasteiger partial charge in [-0.2, -0.15) is 0 Å². The van der Waals surface area contributed by atoms with E-state index in [4.69, 9.17) is 14.2 Å². The number of carbonyl (C=O) groups is 4. The van der Waals surface area contributed by atoms with Gasteiger partial charge in [-0.15, -0.1) is 0 Å². The van der Waals surface area contributed by atoms with Gasteiger partial charge >= 0.3 is 5.97 Å². The van der Waals surface area contributed by atoms with E-state index in [-0.39, 0.29) is 60.3 Å². The number of Topliss-reactive ketones (excluding diaryl/α,β-unsaturated/α-hetero) is 2. The third kappa shape index (κ3) is 17.1. The molecule has 0 aromatic rings. The molecule has 3 rings (SSSR count). The molecule has 63 heavy (non-hydrogen) atoms. The number of carbonyl (C=O) groups excluding carboxylic acids is 4. The zero-order chi connectivity index (χ0) is 47.0. The van der Waals surface area contributed by atoms with Crippen LogP contribution in [0.2, 0.25) is 0 Å². The second-order valence-electron chi connectivity index (χ2n) is 20.2. The maximum atomic E-state index is 14.2. The quantitative estimate of drug-likeness (QED) is 0.180. The topological polar surface area (TPSA) is 160 Å². The first-order chi connectivity index (χ1) is 29.7. The summed E-state index contributed by atoms with van der Waals surface area (Å²) in [5.41, 5.74) is 0.235. The summed E-state index contributed by atoms with van der Waals surface area (Å²) in [5, 5.41) is 33.3. The molecule has 3 N–H and O–H groups in total. The SMILES string of the molecule is CO[C@H]1C[C@@H](C)CC[C@@H](C)[C@](C)(O)CC(=O)N2CCCCC2C(=O)O[C@H]([C@H](C)C[C@H]2CC[C@H](O)CC2)CC(=O)[C@H](C)/C=C(\C)[C@@H](O)[C@@H](OC)C(=O)[C@H](C)C[C@H](C)/C=C/C=C/C=C/1C. The van der Waals surface area contributed by atoms with E-state index in [1.54, 1.807) is 38.9 Å². The van der Waals surface area contributed by atoms with Crippen LogP contribution in [-0.2, 0) is 33.4 Å². The highest BCUT2D eigenvalue weighted by molar-refractivity contribution is 5.87. The number of allylic oxidation sites excluding steroid dienone is 6. The number of nitrogens with zero attached hydrogens (tertiary/aromatic N) is 1. The van der Waals surface area contributed by atoms with Crippen molar-refractivity contribution >= 4 is 23.4 Å². The fraction of sp³-hybridized carbons (Fsp3) is 0.769. The molecule has 1 saturated carbocycles. The van der Waals surface area contributed by atoms with Gasteiger partial charge in [-0.05, 0) is 132 Å². The maximum absolute atomic E-state index is 14.2. The standard InChI is InChI=1S/C52H85NO10/c1-33-17-13-12-14-18-35(3)45(61-10)28-34(2)20-21-40(8)52(9,60)32-47(56)53-26-16-15-19-43(53)51(59)63-46(37(5)30-41-22-24-42(54)25-23-41)31-44(55)36(4)29-39(7)49(58)50(62-11)48(57)38(6)27-33/h12-14,17-18,29,33-34,36-38,40-43,45-46,49-50,54,58,60H,15-16,19-28,30-32H2,1-11H3/b14-12+,17-13+,35-18+,39-29+/t33-,34+,36-,37-,38-,40-,41-,42-,43?,45+,46+,49-,50+,52-/m1/s1. The normalized spacial score (nSPS) is 39.6. The monoisotopic (exact) mass is 884 g/mol. The number of ketones is 2. The van der Waals surface area contributed by atoms with E-state index in [0.717, 1.165) is 50.5 Å².